The molecule has 0 bridgehead atoms. The Morgan fingerprint density at radius 2 is 2.29 bits per heavy atom. The molecule has 0 aliphatic carbocycles. The van der Waals surface area contributed by atoms with Crippen molar-refractivity contribution in [1.82, 2.24) is 5.32 Å². The minimum Gasteiger partial charge on any atom is -0.317 e. The summed E-state index contributed by atoms with van der Waals surface area (Å²) >= 11 is 0. The Labute approximate surface area is 50.7 Å². The van der Waals surface area contributed by atoms with Crippen molar-refractivity contribution in [2.75, 3.05) is 13.1 Å². The van der Waals surface area contributed by atoms with Crippen LogP contribution in [0, 0.1) is 0 Å². The molecule has 0 aromatic carbocycles. The van der Waals surface area contributed by atoms with E-state index in [1.165, 1.54) is 0 Å². The van der Waals surface area contributed by atoms with Crippen molar-refractivity contribution in [3.8, 4) is 0 Å². The fourth-order valence-electron chi connectivity index (χ4n) is 0.548. The maximum Gasteiger partial charge on any atom is 0.0428 e. The van der Waals surface area contributed by atoms with Gasteiger partial charge in [0.15, 0.2) is 0 Å². The smallest absolute Gasteiger partial charge is 0.0428 e. The molecule has 0 spiro atoms. The monoisotopic (exact) mass is 103 g/mol. The van der Waals surface area contributed by atoms with Crippen LogP contribution in [0.3, 0.4) is 0 Å². The molecule has 4 atom stereocenters. The first-order valence-electron chi connectivity index (χ1n) is 4.86. The van der Waals surface area contributed by atoms with Gasteiger partial charge in [-0.3, -0.25) is 0 Å². The van der Waals surface area contributed by atoms with Crippen LogP contribution in [0.1, 0.15) is 31.1 Å². The second kappa shape index (κ2) is 3.03. The van der Waals surface area contributed by atoms with E-state index in [0.717, 1.165) is 0 Å². The summed E-state index contributed by atoms with van der Waals surface area (Å²) in [6, 6.07) is 0. The summed E-state index contributed by atoms with van der Waals surface area (Å²) in [6.07, 6.45) is -1.42. The Bertz CT molecular complexity index is 118. The summed E-state index contributed by atoms with van der Waals surface area (Å²) in [6.45, 7) is -0.0968. The molecule has 0 aromatic heterocycles. The molecule has 0 amide bonds. The molecule has 1 aliphatic rings. The number of rotatable bonds is 0. The molecule has 1 N–H and O–H groups in total. The maximum absolute atomic E-state index is 7.42. The highest BCUT2D eigenvalue weighted by Crippen LogP contribution is 2.00. The molecule has 1 rings (SSSR count). The maximum atomic E-state index is 7.42. The van der Waals surface area contributed by atoms with E-state index < -0.39 is 25.7 Å². The first-order chi connectivity index (χ1) is 5.13. The SMILES string of the molecule is [2H]C1CCNC([2H])C([2H])C1[2H]. The summed E-state index contributed by atoms with van der Waals surface area (Å²) in [7, 11) is 0. The molecule has 7 heavy (non-hydrogen) atoms. The lowest BCUT2D eigenvalue weighted by atomic mass is 10.2. The zero-order valence-electron chi connectivity index (χ0n) is 8.22. The topological polar surface area (TPSA) is 12.0 Å². The van der Waals surface area contributed by atoms with Gasteiger partial charge in [0.2, 0.25) is 0 Å². The highest BCUT2D eigenvalue weighted by Gasteiger charge is 1.94. The van der Waals surface area contributed by atoms with Gasteiger partial charge in [-0.05, 0) is 25.9 Å². The van der Waals surface area contributed by atoms with E-state index in [1.807, 2.05) is 0 Å². The first kappa shape index (κ1) is 2.06. The van der Waals surface area contributed by atoms with Crippen LogP contribution in [-0.2, 0) is 0 Å². The third kappa shape index (κ3) is 1.93. The van der Waals surface area contributed by atoms with Crippen LogP contribution in [0.25, 0.3) is 0 Å². The molecule has 0 saturated carbocycles. The number of nitrogens with one attached hydrogen (secondary N) is 1. The highest BCUT2D eigenvalue weighted by molar-refractivity contribution is 4.54. The molecular weight excluding hydrogens is 86.1 g/mol. The largest absolute Gasteiger partial charge is 0.317 e. The Morgan fingerprint density at radius 3 is 3.29 bits per heavy atom. The second-order valence-corrected chi connectivity index (χ2v) is 1.53. The van der Waals surface area contributed by atoms with E-state index in [4.69, 9.17) is 5.48 Å². The Hall–Kier alpha value is -0.0400. The molecule has 1 heterocycles. The lowest BCUT2D eigenvalue weighted by molar-refractivity contribution is 0.702. The lowest BCUT2D eigenvalue weighted by Crippen LogP contribution is -2.12. The predicted molar refractivity (Wildman–Crippen MR) is 31.3 cm³/mol. The minimum atomic E-state index is -0.778. The van der Waals surface area contributed by atoms with Crippen LogP contribution in [-0.4, -0.2) is 13.1 Å². The third-order valence-corrected chi connectivity index (χ3v) is 0.917. The van der Waals surface area contributed by atoms with Crippen LogP contribution < -0.4 is 5.32 Å². The summed E-state index contributed by atoms with van der Waals surface area (Å²) in [5, 5.41) is 2.79. The molecule has 4 unspecified atom stereocenters. The fourth-order valence-corrected chi connectivity index (χ4v) is 0.548. The minimum absolute atomic E-state index is 0.500. The second-order valence-electron chi connectivity index (χ2n) is 1.53. The average molecular weight is 103 g/mol. The highest BCUT2D eigenvalue weighted by atomic mass is 14.8. The van der Waals surface area contributed by atoms with Crippen molar-refractivity contribution in [2.45, 2.75) is 25.6 Å². The average Bonchev–Trinajstić information content (AvgIpc) is 2.07. The van der Waals surface area contributed by atoms with Gasteiger partial charge >= 0.3 is 0 Å². The van der Waals surface area contributed by atoms with Crippen LogP contribution in [0.5, 0.6) is 0 Å². The van der Waals surface area contributed by atoms with E-state index >= 15 is 0 Å². The Kier molecular flexibility index (Phi) is 0.890. The van der Waals surface area contributed by atoms with Gasteiger partial charge in [-0.25, -0.2) is 0 Å². The van der Waals surface area contributed by atoms with Gasteiger partial charge in [0.05, 0.1) is 0 Å². The normalized spacial score (nSPS) is 74.3. The van der Waals surface area contributed by atoms with E-state index in [-0.39, 0.29) is 0 Å². The molecule has 1 aliphatic heterocycles. The Morgan fingerprint density at radius 1 is 1.29 bits per heavy atom. The summed E-state index contributed by atoms with van der Waals surface area (Å²) in [5.41, 5.74) is 0. The van der Waals surface area contributed by atoms with Crippen molar-refractivity contribution in [3.63, 3.8) is 0 Å². The van der Waals surface area contributed by atoms with E-state index in [2.05, 4.69) is 5.32 Å². The predicted octanol–water partition coefficient (Wildman–Crippen LogP) is 1.15. The van der Waals surface area contributed by atoms with Gasteiger partial charge in [0, 0.05) is 5.48 Å². The Balaban J connectivity index is 2.58. The summed E-state index contributed by atoms with van der Waals surface area (Å²) < 4.78 is 29.6. The fraction of sp³-hybridized carbons (Fsp3) is 1.00. The van der Waals surface area contributed by atoms with Crippen LogP contribution in [0.2, 0.25) is 0 Å². The molecule has 42 valence electrons. The molecule has 0 radical (unpaired) electrons. The van der Waals surface area contributed by atoms with E-state index in [9.17, 15) is 0 Å². The zero-order chi connectivity index (χ0) is 8.43. The van der Waals surface area contributed by atoms with Gasteiger partial charge in [-0.15, -0.1) is 0 Å². The van der Waals surface area contributed by atoms with Gasteiger partial charge in [0.25, 0.3) is 0 Å². The van der Waals surface area contributed by atoms with E-state index in [1.54, 1.807) is 0 Å². The van der Waals surface area contributed by atoms with Crippen molar-refractivity contribution in [3.05, 3.63) is 0 Å². The third-order valence-electron chi connectivity index (χ3n) is 0.917. The number of hydrogen-bond acceptors (Lipinski definition) is 1. The van der Waals surface area contributed by atoms with E-state index in [0.29, 0.717) is 13.0 Å². The molecular formula is C6H13N. The molecule has 0 aromatic rings. The number of hydrogen-bond donors (Lipinski definition) is 1. The van der Waals surface area contributed by atoms with Gasteiger partial charge in [-0.1, -0.05) is 12.8 Å². The van der Waals surface area contributed by atoms with Crippen LogP contribution in [0.15, 0.2) is 0 Å². The van der Waals surface area contributed by atoms with Crippen molar-refractivity contribution in [2.24, 2.45) is 0 Å². The lowest BCUT2D eigenvalue weighted by Gasteiger charge is -1.91. The zero-order valence-corrected chi connectivity index (χ0v) is 4.22. The molecule has 1 fully saturated rings. The summed E-state index contributed by atoms with van der Waals surface area (Å²) in [4.78, 5) is 0. The molecule has 1 nitrogen and oxygen atoms in total. The van der Waals surface area contributed by atoms with Gasteiger partial charge in [-0.2, -0.15) is 0 Å². The first-order valence-corrected chi connectivity index (χ1v) is 2.55. The van der Waals surface area contributed by atoms with Crippen LogP contribution >= 0.6 is 0 Å². The van der Waals surface area contributed by atoms with Crippen LogP contribution in [0.4, 0.5) is 0 Å². The van der Waals surface area contributed by atoms with Gasteiger partial charge in [0.1, 0.15) is 0 Å². The molecule has 1 saturated heterocycles. The standard InChI is InChI=1S/C6H13N/c1-2-4-6-7-5-3-1/h7H,1-6H2/i1D,2D,3D,5D. The quantitative estimate of drug-likeness (QED) is 0.485. The van der Waals surface area contributed by atoms with Gasteiger partial charge < -0.3 is 5.32 Å². The summed E-state index contributed by atoms with van der Waals surface area (Å²) in [5.74, 6) is 0. The van der Waals surface area contributed by atoms with Crippen molar-refractivity contribution in [1.29, 1.82) is 0 Å². The van der Waals surface area contributed by atoms with Crippen molar-refractivity contribution < 1.29 is 5.48 Å². The molecule has 1 heteroatoms. The van der Waals surface area contributed by atoms with Crippen molar-refractivity contribution >= 4 is 0 Å².